The normalized spacial score (nSPS) is 7.57. The van der Waals surface area contributed by atoms with E-state index in [1.54, 1.807) is 12.4 Å². The smallest absolute Gasteiger partial charge is 0.110 e. The first-order valence-electron chi connectivity index (χ1n) is 1.54. The highest BCUT2D eigenvalue weighted by atomic mass is 35.5. The second-order valence-electron chi connectivity index (χ2n) is 0.907. The lowest BCUT2D eigenvalue weighted by Gasteiger charge is -1.71. The quantitative estimate of drug-likeness (QED) is 0.529. The van der Waals surface area contributed by atoms with Crippen LogP contribution in [-0.4, -0.2) is 9.07 Å². The van der Waals surface area contributed by atoms with Crippen LogP contribution in [0.5, 0.6) is 0 Å². The zero-order chi connectivity index (χ0) is 4.41. The maximum absolute atomic E-state index is 5.31. The SMILES string of the molecule is Cl.Cln1ccnc1. The molecule has 0 aliphatic heterocycles. The summed E-state index contributed by atoms with van der Waals surface area (Å²) >= 11 is 5.31. The molecule has 0 atom stereocenters. The van der Waals surface area contributed by atoms with Crippen LogP contribution < -0.4 is 0 Å². The van der Waals surface area contributed by atoms with Crippen LogP contribution in [0.25, 0.3) is 0 Å². The minimum absolute atomic E-state index is 0. The Bertz CT molecular complexity index is 114. The van der Waals surface area contributed by atoms with Crippen molar-refractivity contribution in [3.05, 3.63) is 18.7 Å². The highest BCUT2D eigenvalue weighted by Crippen LogP contribution is 1.83. The summed E-state index contributed by atoms with van der Waals surface area (Å²) in [6, 6.07) is 0. The van der Waals surface area contributed by atoms with Gasteiger partial charge in [0.1, 0.15) is 6.33 Å². The summed E-state index contributed by atoms with van der Waals surface area (Å²) in [5.74, 6) is 0. The van der Waals surface area contributed by atoms with Gasteiger partial charge in [-0.2, -0.15) is 0 Å². The molecule has 2 nitrogen and oxygen atoms in total. The second-order valence-corrected chi connectivity index (χ2v) is 1.30. The minimum atomic E-state index is 0. The van der Waals surface area contributed by atoms with E-state index in [4.69, 9.17) is 11.8 Å². The summed E-state index contributed by atoms with van der Waals surface area (Å²) in [7, 11) is 0. The Morgan fingerprint density at radius 3 is 2.43 bits per heavy atom. The van der Waals surface area contributed by atoms with E-state index < -0.39 is 0 Å². The number of nitrogens with zero attached hydrogens (tertiary/aromatic N) is 2. The molecule has 1 heterocycles. The van der Waals surface area contributed by atoms with Crippen LogP contribution in [-0.2, 0) is 0 Å². The molecule has 1 aromatic heterocycles. The van der Waals surface area contributed by atoms with E-state index in [9.17, 15) is 0 Å². The van der Waals surface area contributed by atoms with E-state index in [-0.39, 0.29) is 12.4 Å². The van der Waals surface area contributed by atoms with Gasteiger partial charge in [0.05, 0.1) is 0 Å². The highest BCUT2D eigenvalue weighted by molar-refractivity contribution is 6.15. The van der Waals surface area contributed by atoms with Crippen molar-refractivity contribution < 1.29 is 0 Å². The predicted molar refractivity (Wildman–Crippen MR) is 30.7 cm³/mol. The van der Waals surface area contributed by atoms with Gasteiger partial charge in [0, 0.05) is 24.2 Å². The van der Waals surface area contributed by atoms with Gasteiger partial charge in [-0.1, -0.05) is 0 Å². The number of halogens is 2. The van der Waals surface area contributed by atoms with Crippen molar-refractivity contribution in [1.82, 2.24) is 9.07 Å². The number of imidazole rings is 1. The molecule has 0 aromatic carbocycles. The molecule has 40 valence electrons. The molecule has 0 amide bonds. The average molecular weight is 139 g/mol. The Balaban J connectivity index is 0.000000360. The molecule has 4 heteroatoms. The molecule has 1 rings (SSSR count). The molecule has 1 aromatic rings. The molecule has 0 radical (unpaired) electrons. The Kier molecular flexibility index (Phi) is 2.79. The summed E-state index contributed by atoms with van der Waals surface area (Å²) < 4.78 is 1.36. The standard InChI is InChI=1S/C3H3ClN2.ClH/c4-6-2-1-5-3-6;/h1-3H;1H. The molecule has 0 saturated carbocycles. The van der Waals surface area contributed by atoms with E-state index in [1.165, 1.54) is 10.4 Å². The Labute approximate surface area is 52.6 Å². The maximum atomic E-state index is 5.31. The van der Waals surface area contributed by atoms with Crippen LogP contribution in [0.3, 0.4) is 0 Å². The maximum Gasteiger partial charge on any atom is 0.110 e. The topological polar surface area (TPSA) is 17.8 Å². The van der Waals surface area contributed by atoms with Gasteiger partial charge in [-0.3, -0.25) is 0 Å². The van der Waals surface area contributed by atoms with Gasteiger partial charge >= 0.3 is 0 Å². The van der Waals surface area contributed by atoms with Crippen molar-refractivity contribution in [3.8, 4) is 0 Å². The lowest BCUT2D eigenvalue weighted by atomic mass is 11.0. The first-order chi connectivity index (χ1) is 2.89. The van der Waals surface area contributed by atoms with Crippen molar-refractivity contribution in [2.75, 3.05) is 0 Å². The molecule has 7 heavy (non-hydrogen) atoms. The van der Waals surface area contributed by atoms with Crippen molar-refractivity contribution in [2.45, 2.75) is 0 Å². The van der Waals surface area contributed by atoms with Crippen molar-refractivity contribution >= 4 is 24.2 Å². The summed E-state index contributed by atoms with van der Waals surface area (Å²) in [5, 5.41) is 0. The third kappa shape index (κ3) is 1.80. The van der Waals surface area contributed by atoms with Crippen LogP contribution in [0.1, 0.15) is 0 Å². The first kappa shape index (κ1) is 6.79. The van der Waals surface area contributed by atoms with Crippen molar-refractivity contribution in [2.24, 2.45) is 0 Å². The van der Waals surface area contributed by atoms with Gasteiger partial charge in [0.25, 0.3) is 0 Å². The predicted octanol–water partition coefficient (Wildman–Crippen LogP) is 1.31. The van der Waals surface area contributed by atoms with Gasteiger partial charge in [-0.05, 0) is 0 Å². The van der Waals surface area contributed by atoms with Crippen molar-refractivity contribution in [1.29, 1.82) is 0 Å². The largest absolute Gasteiger partial charge is 0.249 e. The molecule has 0 unspecified atom stereocenters. The highest BCUT2D eigenvalue weighted by Gasteiger charge is 1.72. The molecule has 0 saturated heterocycles. The van der Waals surface area contributed by atoms with Crippen LogP contribution >= 0.6 is 24.2 Å². The summed E-state index contributed by atoms with van der Waals surface area (Å²) in [4.78, 5) is 3.65. The van der Waals surface area contributed by atoms with Crippen LogP contribution in [0, 0.1) is 0 Å². The fourth-order valence-electron chi connectivity index (χ4n) is 0.243. The van der Waals surface area contributed by atoms with Crippen LogP contribution in [0.2, 0.25) is 0 Å². The van der Waals surface area contributed by atoms with Gasteiger partial charge in [-0.25, -0.2) is 9.07 Å². The first-order valence-corrected chi connectivity index (χ1v) is 1.87. The Morgan fingerprint density at radius 1 is 1.57 bits per heavy atom. The number of hydrogen-bond acceptors (Lipinski definition) is 1. The second kappa shape index (κ2) is 2.88. The van der Waals surface area contributed by atoms with Gasteiger partial charge in [0.15, 0.2) is 0 Å². The monoisotopic (exact) mass is 138 g/mol. The summed E-state index contributed by atoms with van der Waals surface area (Å²) in [5.41, 5.74) is 0. The van der Waals surface area contributed by atoms with Crippen molar-refractivity contribution in [3.63, 3.8) is 0 Å². The minimum Gasteiger partial charge on any atom is -0.249 e. The fraction of sp³-hybridized carbons (Fsp3) is 0. The number of rotatable bonds is 0. The molecular formula is C3H4Cl2N2. The molecule has 0 spiro atoms. The van der Waals surface area contributed by atoms with Gasteiger partial charge in [-0.15, -0.1) is 12.4 Å². The molecule has 0 fully saturated rings. The zero-order valence-corrected chi connectivity index (χ0v) is 4.99. The third-order valence-electron chi connectivity index (χ3n) is 0.472. The average Bonchev–Trinajstić information content (AvgIpc) is 1.86. The number of aromatic nitrogens is 2. The molecular weight excluding hydrogens is 135 g/mol. The Morgan fingerprint density at radius 2 is 2.29 bits per heavy atom. The van der Waals surface area contributed by atoms with E-state index in [0.717, 1.165) is 0 Å². The van der Waals surface area contributed by atoms with E-state index in [0.29, 0.717) is 0 Å². The van der Waals surface area contributed by atoms with Gasteiger partial charge < -0.3 is 0 Å². The molecule has 0 aliphatic rings. The third-order valence-corrected chi connectivity index (χ3v) is 0.672. The fourth-order valence-corrected chi connectivity index (χ4v) is 0.344. The molecule has 0 N–H and O–H groups in total. The van der Waals surface area contributed by atoms with E-state index >= 15 is 0 Å². The van der Waals surface area contributed by atoms with Crippen LogP contribution in [0.15, 0.2) is 18.7 Å². The zero-order valence-electron chi connectivity index (χ0n) is 3.41. The summed E-state index contributed by atoms with van der Waals surface area (Å²) in [6.07, 6.45) is 4.79. The summed E-state index contributed by atoms with van der Waals surface area (Å²) in [6.45, 7) is 0. The van der Waals surface area contributed by atoms with E-state index in [1.807, 2.05) is 0 Å². The molecule has 0 aliphatic carbocycles. The van der Waals surface area contributed by atoms with Crippen LogP contribution in [0.4, 0.5) is 0 Å². The lowest BCUT2D eigenvalue weighted by molar-refractivity contribution is 1.21. The van der Waals surface area contributed by atoms with E-state index in [2.05, 4.69) is 4.98 Å². The lowest BCUT2D eigenvalue weighted by Crippen LogP contribution is -1.64. The molecule has 0 bridgehead atoms. The van der Waals surface area contributed by atoms with Gasteiger partial charge in [0.2, 0.25) is 0 Å². The number of hydrogen-bond donors (Lipinski definition) is 0. The Hall–Kier alpha value is -0.210.